The lowest BCUT2D eigenvalue weighted by atomic mass is 9.73. The fourth-order valence-corrected chi connectivity index (χ4v) is 4.66. The Morgan fingerprint density at radius 2 is 1.93 bits per heavy atom. The van der Waals surface area contributed by atoms with Gasteiger partial charge in [0.05, 0.1) is 15.5 Å². The summed E-state index contributed by atoms with van der Waals surface area (Å²) >= 11 is 12.0. The van der Waals surface area contributed by atoms with Gasteiger partial charge in [0.2, 0.25) is 5.91 Å². The Bertz CT molecular complexity index is 1150. The van der Waals surface area contributed by atoms with Crippen molar-refractivity contribution >= 4 is 46.0 Å². The summed E-state index contributed by atoms with van der Waals surface area (Å²) in [6.45, 7) is 2.28. The number of aliphatic carboxylic acids is 1. The van der Waals surface area contributed by atoms with Gasteiger partial charge in [-0.05, 0) is 48.6 Å². The van der Waals surface area contributed by atoms with E-state index in [0.717, 1.165) is 27.7 Å². The Balaban J connectivity index is 1.58. The van der Waals surface area contributed by atoms with Gasteiger partial charge < -0.3 is 15.0 Å². The number of aromatic nitrogens is 1. The second kappa shape index (κ2) is 7.97. The molecule has 1 aromatic heterocycles. The fraction of sp³-hybridized carbons (Fsp3) is 0.304. The van der Waals surface area contributed by atoms with Crippen molar-refractivity contribution in [1.82, 2.24) is 9.88 Å². The Morgan fingerprint density at radius 1 is 1.17 bits per heavy atom. The molecule has 0 fully saturated rings. The third-order valence-electron chi connectivity index (χ3n) is 5.95. The Labute approximate surface area is 184 Å². The van der Waals surface area contributed by atoms with Gasteiger partial charge in [0.15, 0.2) is 0 Å². The van der Waals surface area contributed by atoms with Gasteiger partial charge in [-0.3, -0.25) is 9.59 Å². The van der Waals surface area contributed by atoms with Gasteiger partial charge in [0, 0.05) is 23.1 Å². The van der Waals surface area contributed by atoms with Crippen LogP contribution in [0.1, 0.15) is 30.2 Å². The van der Waals surface area contributed by atoms with Crippen molar-refractivity contribution in [3.05, 3.63) is 69.3 Å². The predicted molar refractivity (Wildman–Crippen MR) is 118 cm³/mol. The molecule has 1 amide bonds. The molecule has 1 unspecified atom stereocenters. The molecule has 0 spiro atoms. The number of nitrogens with zero attached hydrogens (tertiary/aromatic N) is 1. The van der Waals surface area contributed by atoms with Crippen LogP contribution in [0.15, 0.2) is 42.5 Å². The van der Waals surface area contributed by atoms with E-state index < -0.39 is 11.4 Å². The second-order valence-electron chi connectivity index (χ2n) is 8.09. The maximum Gasteiger partial charge on any atom is 0.323 e. The second-order valence-corrected chi connectivity index (χ2v) is 8.91. The number of hydrogen-bond donors (Lipinski definition) is 2. The number of para-hydroxylation sites is 1. The molecule has 2 aromatic carbocycles. The molecule has 2 N–H and O–H groups in total. The van der Waals surface area contributed by atoms with E-state index in [-0.39, 0.29) is 12.5 Å². The molecule has 1 aliphatic carbocycles. The van der Waals surface area contributed by atoms with Crippen molar-refractivity contribution in [3.8, 4) is 0 Å². The average Bonchev–Trinajstić information content (AvgIpc) is 3.01. The molecule has 30 heavy (non-hydrogen) atoms. The monoisotopic (exact) mass is 444 g/mol. The van der Waals surface area contributed by atoms with E-state index in [0.29, 0.717) is 35.9 Å². The molecular weight excluding hydrogens is 423 g/mol. The van der Waals surface area contributed by atoms with E-state index >= 15 is 0 Å². The number of fused-ring (bicyclic) bond motifs is 3. The minimum atomic E-state index is -0.869. The van der Waals surface area contributed by atoms with Crippen molar-refractivity contribution in [2.45, 2.75) is 39.3 Å². The largest absolute Gasteiger partial charge is 0.480 e. The van der Waals surface area contributed by atoms with Crippen molar-refractivity contribution in [3.63, 3.8) is 0 Å². The van der Waals surface area contributed by atoms with Gasteiger partial charge in [-0.15, -0.1) is 0 Å². The van der Waals surface area contributed by atoms with Crippen molar-refractivity contribution in [2.24, 2.45) is 5.41 Å². The summed E-state index contributed by atoms with van der Waals surface area (Å²) < 4.78 is 1.88. The number of carbonyl (C=O) groups is 2. The SMILES string of the molecule is CC1(C(=O)NCc2ccc(Cl)c(Cl)c2)CCc2c(c3ccccc3n2CC(=O)O)C1. The molecular formula is C23H22Cl2N2O3. The van der Waals surface area contributed by atoms with E-state index in [2.05, 4.69) is 5.32 Å². The number of carboxylic acid groups (broad SMARTS) is 1. The summed E-state index contributed by atoms with van der Waals surface area (Å²) in [5, 5.41) is 14.4. The smallest absolute Gasteiger partial charge is 0.323 e. The highest BCUT2D eigenvalue weighted by molar-refractivity contribution is 6.42. The highest BCUT2D eigenvalue weighted by Gasteiger charge is 2.39. The third kappa shape index (κ3) is 3.80. The van der Waals surface area contributed by atoms with Crippen LogP contribution in [0.4, 0.5) is 0 Å². The number of rotatable bonds is 5. The zero-order valence-corrected chi connectivity index (χ0v) is 18.1. The lowest BCUT2D eigenvalue weighted by molar-refractivity contribution is -0.137. The highest BCUT2D eigenvalue weighted by atomic mass is 35.5. The third-order valence-corrected chi connectivity index (χ3v) is 6.69. The Hall–Kier alpha value is -2.50. The number of benzene rings is 2. The van der Waals surface area contributed by atoms with Crippen molar-refractivity contribution in [1.29, 1.82) is 0 Å². The van der Waals surface area contributed by atoms with Crippen LogP contribution in [0.5, 0.6) is 0 Å². The summed E-state index contributed by atoms with van der Waals surface area (Å²) in [7, 11) is 0. The minimum absolute atomic E-state index is 0.0192. The molecule has 1 heterocycles. The summed E-state index contributed by atoms with van der Waals surface area (Å²) in [5.74, 6) is -0.888. The van der Waals surface area contributed by atoms with Gasteiger partial charge in [-0.2, -0.15) is 0 Å². The van der Waals surface area contributed by atoms with Crippen LogP contribution >= 0.6 is 23.2 Å². The number of hydrogen-bond acceptors (Lipinski definition) is 2. The predicted octanol–water partition coefficient (Wildman–Crippen LogP) is 4.84. The average molecular weight is 445 g/mol. The molecule has 1 atom stereocenters. The highest BCUT2D eigenvalue weighted by Crippen LogP contribution is 2.40. The zero-order chi connectivity index (χ0) is 21.5. The standard InChI is InChI=1S/C23H22Cl2N2O3/c1-23(22(30)26-12-14-6-7-17(24)18(25)10-14)9-8-20-16(11-23)15-4-2-3-5-19(15)27(20)13-21(28)29/h2-7,10H,8-9,11-13H2,1H3,(H,26,30)(H,28,29). The molecule has 0 aliphatic heterocycles. The summed E-state index contributed by atoms with van der Waals surface area (Å²) in [5.41, 5.74) is 3.32. The van der Waals surface area contributed by atoms with Crippen LogP contribution in [-0.2, 0) is 35.5 Å². The summed E-state index contributed by atoms with van der Waals surface area (Å²) in [6.07, 6.45) is 1.89. The lowest BCUT2D eigenvalue weighted by Gasteiger charge is -2.33. The lowest BCUT2D eigenvalue weighted by Crippen LogP contribution is -2.42. The Kier molecular flexibility index (Phi) is 5.51. The number of carboxylic acids is 1. The number of carbonyl (C=O) groups excluding carboxylic acids is 1. The van der Waals surface area contributed by atoms with Crippen LogP contribution in [-0.4, -0.2) is 21.6 Å². The minimum Gasteiger partial charge on any atom is -0.480 e. The molecule has 1 aliphatic rings. The van der Waals surface area contributed by atoms with Gasteiger partial charge in [-0.1, -0.05) is 54.4 Å². The van der Waals surface area contributed by atoms with E-state index in [1.807, 2.05) is 41.8 Å². The first kappa shape index (κ1) is 20.8. The topological polar surface area (TPSA) is 71.3 Å². The number of amides is 1. The molecule has 0 saturated carbocycles. The molecule has 3 aromatic rings. The van der Waals surface area contributed by atoms with Crippen LogP contribution in [0.3, 0.4) is 0 Å². The van der Waals surface area contributed by atoms with Crippen molar-refractivity contribution < 1.29 is 14.7 Å². The van der Waals surface area contributed by atoms with Crippen LogP contribution in [0.25, 0.3) is 10.9 Å². The van der Waals surface area contributed by atoms with E-state index in [1.54, 1.807) is 12.1 Å². The zero-order valence-electron chi connectivity index (χ0n) is 16.5. The molecule has 5 nitrogen and oxygen atoms in total. The maximum atomic E-state index is 13.1. The van der Waals surface area contributed by atoms with E-state index in [1.165, 1.54) is 0 Å². The normalized spacial score (nSPS) is 18.2. The van der Waals surface area contributed by atoms with Crippen LogP contribution < -0.4 is 5.32 Å². The first-order valence-electron chi connectivity index (χ1n) is 9.81. The number of nitrogens with one attached hydrogen (secondary N) is 1. The van der Waals surface area contributed by atoms with Gasteiger partial charge >= 0.3 is 5.97 Å². The maximum absolute atomic E-state index is 13.1. The van der Waals surface area contributed by atoms with Crippen molar-refractivity contribution in [2.75, 3.05) is 0 Å². The number of halogens is 2. The van der Waals surface area contributed by atoms with Crippen LogP contribution in [0.2, 0.25) is 10.0 Å². The van der Waals surface area contributed by atoms with E-state index in [9.17, 15) is 14.7 Å². The molecule has 0 bridgehead atoms. The van der Waals surface area contributed by atoms with Gasteiger partial charge in [0.25, 0.3) is 0 Å². The summed E-state index contributed by atoms with van der Waals surface area (Å²) in [6, 6.07) is 13.1. The van der Waals surface area contributed by atoms with Gasteiger partial charge in [-0.25, -0.2) is 0 Å². The molecule has 0 radical (unpaired) electrons. The van der Waals surface area contributed by atoms with Crippen LogP contribution in [0, 0.1) is 5.41 Å². The molecule has 7 heteroatoms. The molecule has 156 valence electrons. The first-order valence-corrected chi connectivity index (χ1v) is 10.6. The van der Waals surface area contributed by atoms with Gasteiger partial charge in [0.1, 0.15) is 6.54 Å². The quantitative estimate of drug-likeness (QED) is 0.590. The first-order chi connectivity index (χ1) is 14.3. The Morgan fingerprint density at radius 3 is 2.67 bits per heavy atom. The summed E-state index contributed by atoms with van der Waals surface area (Å²) in [4.78, 5) is 24.5. The van der Waals surface area contributed by atoms with E-state index in [4.69, 9.17) is 23.2 Å². The molecule has 4 rings (SSSR count). The molecule has 0 saturated heterocycles. The fourth-order valence-electron chi connectivity index (χ4n) is 4.34.